The molecule has 2 aromatic carbocycles. The molecule has 168 valence electrons. The molecular weight excluding hydrogens is 427 g/mol. The largest absolute Gasteiger partial charge is 0.416 e. The molecular formula is C24H21F5N2O. The number of hydrogen-bond donors (Lipinski definition) is 1. The number of nitrogens with zero attached hydrogens (tertiary/aromatic N) is 2. The zero-order valence-electron chi connectivity index (χ0n) is 17.2. The van der Waals surface area contributed by atoms with E-state index in [9.17, 15) is 27.1 Å². The van der Waals surface area contributed by atoms with E-state index in [1.54, 1.807) is 6.07 Å². The van der Waals surface area contributed by atoms with Gasteiger partial charge in [-0.15, -0.1) is 0 Å². The SMILES string of the molecule is Cc1cccc(C2(Cc3ccc(F)cn3)CN(C[C@@H](O)C(F)(F)F)c3c(F)cccc32)c1. The van der Waals surface area contributed by atoms with Crippen molar-refractivity contribution in [2.45, 2.75) is 31.0 Å². The van der Waals surface area contributed by atoms with Crippen LogP contribution in [0.15, 0.2) is 60.8 Å². The van der Waals surface area contributed by atoms with Crippen molar-refractivity contribution in [3.8, 4) is 0 Å². The molecule has 3 nitrogen and oxygen atoms in total. The van der Waals surface area contributed by atoms with Crippen LogP contribution in [0.2, 0.25) is 0 Å². The second-order valence-electron chi connectivity index (χ2n) is 8.17. The number of hydrogen-bond acceptors (Lipinski definition) is 3. The minimum Gasteiger partial charge on any atom is -0.382 e. The number of β-amino-alcohol motifs (C(OH)–C–C–N with tert-alkyl or cyclic N) is 1. The molecule has 0 spiro atoms. The van der Waals surface area contributed by atoms with Crippen molar-refractivity contribution in [2.75, 3.05) is 18.0 Å². The van der Waals surface area contributed by atoms with Crippen LogP contribution in [0.1, 0.15) is 22.4 Å². The van der Waals surface area contributed by atoms with Crippen LogP contribution in [0.3, 0.4) is 0 Å². The topological polar surface area (TPSA) is 36.4 Å². The minimum atomic E-state index is -4.83. The van der Waals surface area contributed by atoms with E-state index < -0.39 is 35.9 Å². The predicted molar refractivity (Wildman–Crippen MR) is 111 cm³/mol. The number of aryl methyl sites for hydroxylation is 1. The van der Waals surface area contributed by atoms with Gasteiger partial charge in [0.25, 0.3) is 0 Å². The summed E-state index contributed by atoms with van der Waals surface area (Å²) < 4.78 is 67.7. The average Bonchev–Trinajstić information content (AvgIpc) is 3.04. The van der Waals surface area contributed by atoms with Crippen molar-refractivity contribution in [1.29, 1.82) is 0 Å². The van der Waals surface area contributed by atoms with Gasteiger partial charge in [0.05, 0.1) is 18.4 Å². The van der Waals surface area contributed by atoms with E-state index in [-0.39, 0.29) is 18.7 Å². The Morgan fingerprint density at radius 3 is 2.50 bits per heavy atom. The molecule has 2 heterocycles. The van der Waals surface area contributed by atoms with Crippen LogP contribution in [-0.4, -0.2) is 35.5 Å². The Morgan fingerprint density at radius 2 is 1.84 bits per heavy atom. The summed E-state index contributed by atoms with van der Waals surface area (Å²) in [6.45, 7) is 1.08. The summed E-state index contributed by atoms with van der Waals surface area (Å²) in [4.78, 5) is 5.38. The van der Waals surface area contributed by atoms with Crippen molar-refractivity contribution in [2.24, 2.45) is 0 Å². The maximum atomic E-state index is 14.9. The highest BCUT2D eigenvalue weighted by Crippen LogP contribution is 2.48. The maximum Gasteiger partial charge on any atom is 0.416 e. The lowest BCUT2D eigenvalue weighted by Gasteiger charge is -2.32. The van der Waals surface area contributed by atoms with Crippen LogP contribution in [0.5, 0.6) is 0 Å². The number of aliphatic hydroxyl groups excluding tert-OH is 1. The van der Waals surface area contributed by atoms with Crippen molar-refractivity contribution < 1.29 is 27.1 Å². The number of aromatic nitrogens is 1. The van der Waals surface area contributed by atoms with Crippen LogP contribution in [0.25, 0.3) is 0 Å². The number of alkyl halides is 3. The van der Waals surface area contributed by atoms with Gasteiger partial charge in [-0.1, -0.05) is 42.0 Å². The number of aliphatic hydroxyl groups is 1. The molecule has 0 saturated carbocycles. The monoisotopic (exact) mass is 448 g/mol. The first-order chi connectivity index (χ1) is 15.1. The van der Waals surface area contributed by atoms with Crippen molar-refractivity contribution in [3.05, 3.63) is 94.8 Å². The van der Waals surface area contributed by atoms with Crippen LogP contribution in [-0.2, 0) is 11.8 Å². The number of pyridine rings is 1. The molecule has 32 heavy (non-hydrogen) atoms. The average molecular weight is 448 g/mol. The zero-order chi connectivity index (χ0) is 23.1. The highest BCUT2D eigenvalue weighted by Gasteiger charge is 2.48. The summed E-state index contributed by atoms with van der Waals surface area (Å²) in [5, 5.41) is 9.72. The van der Waals surface area contributed by atoms with Crippen LogP contribution in [0, 0.1) is 18.6 Å². The first-order valence-electron chi connectivity index (χ1n) is 10.1. The van der Waals surface area contributed by atoms with Gasteiger partial charge in [-0.2, -0.15) is 13.2 Å². The number of halogens is 5. The van der Waals surface area contributed by atoms with Gasteiger partial charge in [0, 0.05) is 24.1 Å². The van der Waals surface area contributed by atoms with Gasteiger partial charge >= 0.3 is 6.18 Å². The maximum absolute atomic E-state index is 14.9. The summed E-state index contributed by atoms with van der Waals surface area (Å²) in [6, 6.07) is 14.6. The molecule has 0 saturated heterocycles. The molecule has 0 aliphatic carbocycles. The molecule has 1 N–H and O–H groups in total. The standard InChI is InChI=1S/C24H21F5N2O/c1-15-4-2-5-16(10-15)23(11-18-9-8-17(25)12-30-18)14-31(13-21(32)24(27,28)29)22-19(23)6-3-7-20(22)26/h2-10,12,21,32H,11,13-14H2,1H3/t21-,23?/m1/s1. The third kappa shape index (κ3) is 4.07. The van der Waals surface area contributed by atoms with Gasteiger partial charge < -0.3 is 10.0 Å². The molecule has 1 unspecified atom stereocenters. The second-order valence-corrected chi connectivity index (χ2v) is 8.17. The molecule has 0 fully saturated rings. The van der Waals surface area contributed by atoms with Gasteiger partial charge in [-0.05, 0) is 36.2 Å². The third-order valence-corrected chi connectivity index (χ3v) is 5.89. The molecule has 3 aromatic rings. The molecule has 1 aromatic heterocycles. The van der Waals surface area contributed by atoms with E-state index in [1.807, 2.05) is 31.2 Å². The third-order valence-electron chi connectivity index (χ3n) is 5.89. The van der Waals surface area contributed by atoms with Gasteiger partial charge in [-0.25, -0.2) is 8.78 Å². The Labute approximate surface area is 182 Å². The van der Waals surface area contributed by atoms with E-state index in [1.165, 1.54) is 29.2 Å². The Morgan fingerprint density at radius 1 is 1.09 bits per heavy atom. The molecule has 2 atom stereocenters. The Bertz CT molecular complexity index is 1120. The molecule has 8 heteroatoms. The van der Waals surface area contributed by atoms with Crippen molar-refractivity contribution in [3.63, 3.8) is 0 Å². The minimum absolute atomic E-state index is 0.00107. The molecule has 0 bridgehead atoms. The predicted octanol–water partition coefficient (Wildman–Crippen LogP) is 4.94. The first-order valence-corrected chi connectivity index (χ1v) is 10.1. The van der Waals surface area contributed by atoms with E-state index in [4.69, 9.17) is 0 Å². The van der Waals surface area contributed by atoms with Gasteiger partial charge in [0.15, 0.2) is 6.10 Å². The van der Waals surface area contributed by atoms with E-state index in [0.717, 1.165) is 17.3 Å². The highest BCUT2D eigenvalue weighted by atomic mass is 19.4. The normalized spacial score (nSPS) is 19.2. The first kappa shape index (κ1) is 22.2. The van der Waals surface area contributed by atoms with Gasteiger partial charge in [0.2, 0.25) is 0 Å². The Balaban J connectivity index is 1.87. The molecule has 4 rings (SSSR count). The number of para-hydroxylation sites is 1. The quantitative estimate of drug-likeness (QED) is 0.562. The van der Waals surface area contributed by atoms with E-state index in [2.05, 4.69) is 4.98 Å². The van der Waals surface area contributed by atoms with Crippen LogP contribution >= 0.6 is 0 Å². The molecule has 1 aliphatic rings. The lowest BCUT2D eigenvalue weighted by Crippen LogP contribution is -2.44. The fourth-order valence-corrected chi connectivity index (χ4v) is 4.44. The molecule has 1 aliphatic heterocycles. The molecule has 0 radical (unpaired) electrons. The second kappa shape index (κ2) is 8.16. The summed E-state index contributed by atoms with van der Waals surface area (Å²) in [6.07, 6.45) is -6.18. The summed E-state index contributed by atoms with van der Waals surface area (Å²) in [7, 11) is 0. The number of benzene rings is 2. The van der Waals surface area contributed by atoms with Crippen molar-refractivity contribution >= 4 is 5.69 Å². The highest BCUT2D eigenvalue weighted by molar-refractivity contribution is 5.67. The van der Waals surface area contributed by atoms with E-state index >= 15 is 0 Å². The lowest BCUT2D eigenvalue weighted by atomic mass is 9.72. The fourth-order valence-electron chi connectivity index (χ4n) is 4.44. The fraction of sp³-hybridized carbons (Fsp3) is 0.292. The number of rotatable bonds is 5. The Kier molecular flexibility index (Phi) is 5.67. The zero-order valence-corrected chi connectivity index (χ0v) is 17.2. The Hall–Kier alpha value is -3.00. The molecule has 0 amide bonds. The lowest BCUT2D eigenvalue weighted by molar-refractivity contribution is -0.200. The van der Waals surface area contributed by atoms with Crippen LogP contribution < -0.4 is 4.90 Å². The smallest absolute Gasteiger partial charge is 0.382 e. The summed E-state index contributed by atoms with van der Waals surface area (Å²) in [5.41, 5.74) is 1.81. The van der Waals surface area contributed by atoms with Crippen molar-refractivity contribution in [1.82, 2.24) is 4.98 Å². The van der Waals surface area contributed by atoms with E-state index in [0.29, 0.717) is 11.3 Å². The van der Waals surface area contributed by atoms with Crippen LogP contribution in [0.4, 0.5) is 27.6 Å². The van der Waals surface area contributed by atoms with Gasteiger partial charge in [0.1, 0.15) is 11.6 Å². The number of fused-ring (bicyclic) bond motifs is 1. The summed E-state index contributed by atoms with van der Waals surface area (Å²) in [5.74, 6) is -1.18. The number of anilines is 1. The van der Waals surface area contributed by atoms with Gasteiger partial charge in [-0.3, -0.25) is 4.98 Å². The summed E-state index contributed by atoms with van der Waals surface area (Å²) >= 11 is 0.